The van der Waals surface area contributed by atoms with Gasteiger partial charge in [-0.05, 0) is 19.3 Å². The topological polar surface area (TPSA) is 368 Å². The van der Waals surface area contributed by atoms with E-state index in [1.54, 1.807) is 6.08 Å². The van der Waals surface area contributed by atoms with Crippen LogP contribution >= 0.6 is 7.82 Å². The molecule has 474 valence electrons. The van der Waals surface area contributed by atoms with Gasteiger partial charge in [0.1, 0.15) is 92.1 Å². The Morgan fingerprint density at radius 2 is 0.889 bits per heavy atom. The van der Waals surface area contributed by atoms with Crippen molar-refractivity contribution in [2.24, 2.45) is 0 Å². The molecule has 24 heteroatoms. The lowest BCUT2D eigenvalue weighted by atomic mass is 9.84. The Morgan fingerprint density at radius 1 is 0.494 bits per heavy atom. The van der Waals surface area contributed by atoms with Gasteiger partial charge in [0.05, 0.1) is 19.8 Å². The Kier molecular flexibility index (Phi) is 37.8. The first-order valence-corrected chi connectivity index (χ1v) is 31.7. The second-order valence-electron chi connectivity index (χ2n) is 22.0. The van der Waals surface area contributed by atoms with Crippen molar-refractivity contribution in [3.05, 3.63) is 24.3 Å². The van der Waals surface area contributed by atoms with Gasteiger partial charge in [-0.25, -0.2) is 9.36 Å². The number of allylic oxidation sites excluding steroid dienone is 3. The minimum atomic E-state index is -5.66. The molecule has 16 atom stereocenters. The third kappa shape index (κ3) is 27.5. The highest BCUT2D eigenvalue weighted by molar-refractivity contribution is 7.47. The number of hydrogen-bond acceptors (Lipinski definition) is 22. The third-order valence-electron chi connectivity index (χ3n) is 15.1. The van der Waals surface area contributed by atoms with Crippen LogP contribution in [0.3, 0.4) is 0 Å². The number of unbranched alkanes of at least 4 members (excludes halogenated alkanes) is 25. The van der Waals surface area contributed by atoms with Crippen molar-refractivity contribution in [3.8, 4) is 0 Å². The van der Waals surface area contributed by atoms with Gasteiger partial charge in [-0.15, -0.1) is 0 Å². The van der Waals surface area contributed by atoms with Crippen molar-refractivity contribution in [1.29, 1.82) is 0 Å². The van der Waals surface area contributed by atoms with Crippen LogP contribution in [0.25, 0.3) is 0 Å². The van der Waals surface area contributed by atoms with E-state index in [1.807, 2.05) is 6.08 Å². The highest BCUT2D eigenvalue weighted by Crippen LogP contribution is 2.49. The van der Waals surface area contributed by atoms with E-state index in [9.17, 15) is 75.2 Å². The van der Waals surface area contributed by atoms with Gasteiger partial charge in [0.2, 0.25) is 0 Å². The zero-order valence-electron chi connectivity index (χ0n) is 48.1. The molecule has 1 saturated carbocycles. The fourth-order valence-electron chi connectivity index (χ4n) is 10.1. The maximum Gasteiger partial charge on any atom is 0.472 e. The molecule has 0 bridgehead atoms. The molecule has 0 aromatic rings. The summed E-state index contributed by atoms with van der Waals surface area (Å²) in [5.41, 5.74) is 0. The fraction of sp³-hybridized carbons (Fsp3) is 0.895. The molecular formula is C57H103O23P. The van der Waals surface area contributed by atoms with E-state index in [4.69, 9.17) is 37.5 Å². The van der Waals surface area contributed by atoms with Crippen LogP contribution in [0.2, 0.25) is 0 Å². The van der Waals surface area contributed by atoms with E-state index in [-0.39, 0.29) is 6.42 Å². The number of carbonyl (C=O) groups is 2. The van der Waals surface area contributed by atoms with E-state index in [1.165, 1.54) is 115 Å². The van der Waals surface area contributed by atoms with Gasteiger partial charge in [0, 0.05) is 12.5 Å². The lowest BCUT2D eigenvalue weighted by Crippen LogP contribution is -2.69. The first-order chi connectivity index (χ1) is 38.9. The average molecular weight is 1190 g/mol. The number of esters is 2. The van der Waals surface area contributed by atoms with Crippen molar-refractivity contribution in [1.82, 2.24) is 0 Å². The maximum absolute atomic E-state index is 14.0. The average Bonchev–Trinajstić information content (AvgIpc) is 3.59. The van der Waals surface area contributed by atoms with Gasteiger partial charge >= 0.3 is 19.8 Å². The zero-order valence-corrected chi connectivity index (χ0v) is 49.0. The van der Waals surface area contributed by atoms with Crippen molar-refractivity contribution in [2.75, 3.05) is 26.4 Å². The van der Waals surface area contributed by atoms with Crippen molar-refractivity contribution >= 4 is 19.8 Å². The van der Waals surface area contributed by atoms with Crippen molar-refractivity contribution in [3.63, 3.8) is 0 Å². The minimum Gasteiger partial charge on any atom is -0.462 e. The molecule has 16 unspecified atom stereocenters. The Labute approximate surface area is 479 Å². The number of ether oxygens (including phenoxy) is 6. The van der Waals surface area contributed by atoms with E-state index in [0.29, 0.717) is 6.42 Å². The van der Waals surface area contributed by atoms with Gasteiger partial charge in [0.15, 0.2) is 18.7 Å². The van der Waals surface area contributed by atoms with Crippen LogP contribution in [0.4, 0.5) is 0 Å². The summed E-state index contributed by atoms with van der Waals surface area (Å²) in [5.74, 6) is -1.58. The smallest absolute Gasteiger partial charge is 0.462 e. The van der Waals surface area contributed by atoms with Gasteiger partial charge < -0.3 is 89.5 Å². The monoisotopic (exact) mass is 1190 g/mol. The second-order valence-corrected chi connectivity index (χ2v) is 23.4. The van der Waals surface area contributed by atoms with Crippen molar-refractivity contribution < 1.29 is 113 Å². The molecule has 3 fully saturated rings. The number of aliphatic hydroxyl groups excluding tert-OH is 11. The predicted molar refractivity (Wildman–Crippen MR) is 296 cm³/mol. The maximum atomic E-state index is 14.0. The molecule has 3 rings (SSSR count). The molecule has 0 aromatic heterocycles. The summed E-state index contributed by atoms with van der Waals surface area (Å²) in [5, 5.41) is 117. The molecule has 1 aliphatic carbocycles. The van der Waals surface area contributed by atoms with Crippen LogP contribution in [0.15, 0.2) is 24.3 Å². The number of phosphoric acid groups is 1. The summed E-state index contributed by atoms with van der Waals surface area (Å²) in [7, 11) is -5.66. The van der Waals surface area contributed by atoms with Crippen LogP contribution in [0.1, 0.15) is 194 Å². The van der Waals surface area contributed by atoms with Gasteiger partial charge in [0.25, 0.3) is 0 Å². The molecule has 0 amide bonds. The fourth-order valence-corrected chi connectivity index (χ4v) is 11.0. The number of rotatable bonds is 44. The first kappa shape index (κ1) is 73.2. The minimum absolute atomic E-state index is 0.0368. The van der Waals surface area contributed by atoms with E-state index < -0.39 is 150 Å². The van der Waals surface area contributed by atoms with E-state index >= 15 is 0 Å². The summed E-state index contributed by atoms with van der Waals surface area (Å²) in [6.45, 7) is 0.913. The quantitative estimate of drug-likeness (QED) is 0.0131. The van der Waals surface area contributed by atoms with Gasteiger partial charge in [-0.2, -0.15) is 0 Å². The summed E-state index contributed by atoms with van der Waals surface area (Å²) >= 11 is 0. The SMILES string of the molecule is CCCCCCCCCCCCC/C=C/C=C/C(=O)OC(COC(=O)CCCCCCCCCCCCCCCCC)COP(=O)(O)OC1C(OC2OC(CO)C(O)C(O)C2O)C(O)C(O)C(O)C1OC1OC(CO)C(O)C(O)C1O. The molecule has 0 aromatic carbocycles. The third-order valence-corrected chi connectivity index (χ3v) is 16.1. The second kappa shape index (κ2) is 41.9. The summed E-state index contributed by atoms with van der Waals surface area (Å²) in [4.78, 5) is 37.4. The van der Waals surface area contributed by atoms with E-state index in [0.717, 1.165) is 63.9 Å². The normalized spacial score (nSPS) is 31.1. The summed E-state index contributed by atoms with van der Waals surface area (Å²) in [6.07, 6.45) is 2.24. The summed E-state index contributed by atoms with van der Waals surface area (Å²) < 4.78 is 57.9. The standard InChI is InChI=1S/C57H103O23P/c1-3-5-7-9-11-13-15-17-19-21-23-25-27-29-31-33-42(60)73-37-39(75-43(61)34-32-30-28-26-24-22-20-18-16-14-12-10-8-6-4-2)38-74-81(71,72)80-55-53(78-56-51(69)46(64)44(62)40(35-58)76-56)49(67)48(66)50(68)54(55)79-57-52(70)47(65)45(63)41(36-59)77-57/h28,30,32,34,39-41,44-59,62-70H,3-27,29,31,33,35-38H2,1-2H3,(H,71,72)/b30-28+,34-32+. The van der Waals surface area contributed by atoms with Crippen LogP contribution in [-0.2, 0) is 51.6 Å². The Bertz CT molecular complexity index is 1710. The number of carbonyl (C=O) groups excluding carboxylic acids is 2. The highest BCUT2D eigenvalue weighted by atomic mass is 31.2. The molecule has 2 heterocycles. The number of hydrogen-bond donors (Lipinski definition) is 12. The lowest BCUT2D eigenvalue weighted by Gasteiger charge is -2.49. The Balaban J connectivity index is 1.71. The molecule has 2 saturated heterocycles. The van der Waals surface area contributed by atoms with Crippen LogP contribution in [-0.4, -0.2) is 204 Å². The lowest BCUT2D eigenvalue weighted by molar-refractivity contribution is -0.360. The largest absolute Gasteiger partial charge is 0.472 e. The van der Waals surface area contributed by atoms with Crippen molar-refractivity contribution in [2.45, 2.75) is 298 Å². The Morgan fingerprint density at radius 3 is 1.31 bits per heavy atom. The zero-order chi connectivity index (χ0) is 59.6. The van der Waals surface area contributed by atoms with E-state index in [2.05, 4.69) is 13.8 Å². The summed E-state index contributed by atoms with van der Waals surface area (Å²) in [6, 6.07) is 0. The molecule has 81 heavy (non-hydrogen) atoms. The van der Waals surface area contributed by atoms with Crippen LogP contribution in [0, 0.1) is 0 Å². The Hall–Kier alpha value is -2.07. The molecule has 0 radical (unpaired) electrons. The molecule has 2 aliphatic heterocycles. The van der Waals surface area contributed by atoms with Gasteiger partial charge in [-0.1, -0.05) is 186 Å². The number of phosphoric ester groups is 1. The number of aliphatic hydroxyl groups is 11. The molecule has 0 spiro atoms. The van der Waals surface area contributed by atoms with Gasteiger partial charge in [-0.3, -0.25) is 13.8 Å². The van der Waals surface area contributed by atoms with Crippen LogP contribution in [0.5, 0.6) is 0 Å². The predicted octanol–water partition coefficient (Wildman–Crippen LogP) is 4.49. The van der Waals surface area contributed by atoms with Crippen LogP contribution < -0.4 is 0 Å². The molecule has 23 nitrogen and oxygen atoms in total. The highest BCUT2D eigenvalue weighted by Gasteiger charge is 2.58. The molecule has 12 N–H and O–H groups in total. The molecule has 3 aliphatic rings. The molecular weight excluding hydrogens is 1080 g/mol. The first-order valence-electron chi connectivity index (χ1n) is 30.2.